The SMILES string of the molecule is CN(CCOc1ccc(F)cc1)CC(=O)N[C@@H](c1ccc(F)cc1)c1cccs1. The molecule has 152 valence electrons. The third kappa shape index (κ3) is 6.37. The summed E-state index contributed by atoms with van der Waals surface area (Å²) in [6.07, 6.45) is 0. The van der Waals surface area contributed by atoms with Crippen molar-refractivity contribution in [1.82, 2.24) is 10.2 Å². The van der Waals surface area contributed by atoms with Crippen LogP contribution in [-0.2, 0) is 4.79 Å². The van der Waals surface area contributed by atoms with Crippen LogP contribution in [0.3, 0.4) is 0 Å². The van der Waals surface area contributed by atoms with E-state index in [9.17, 15) is 13.6 Å². The van der Waals surface area contributed by atoms with Crippen LogP contribution in [0.1, 0.15) is 16.5 Å². The van der Waals surface area contributed by atoms with E-state index in [-0.39, 0.29) is 30.1 Å². The second kappa shape index (κ2) is 10.1. The molecule has 3 rings (SSSR count). The molecular weight excluding hydrogens is 394 g/mol. The molecule has 1 aromatic heterocycles. The maximum atomic E-state index is 13.3. The first-order valence-corrected chi connectivity index (χ1v) is 10.0. The molecule has 0 saturated heterocycles. The predicted molar refractivity (Wildman–Crippen MR) is 110 cm³/mol. The van der Waals surface area contributed by atoms with Crippen molar-refractivity contribution in [3.63, 3.8) is 0 Å². The Morgan fingerprint density at radius 3 is 2.34 bits per heavy atom. The fourth-order valence-electron chi connectivity index (χ4n) is 2.81. The summed E-state index contributed by atoms with van der Waals surface area (Å²) in [6, 6.07) is 15.5. The summed E-state index contributed by atoms with van der Waals surface area (Å²) in [5, 5.41) is 4.97. The molecule has 2 aromatic carbocycles. The molecule has 0 bridgehead atoms. The zero-order valence-corrected chi connectivity index (χ0v) is 16.8. The molecule has 0 fully saturated rings. The number of hydrogen-bond acceptors (Lipinski definition) is 4. The normalized spacial score (nSPS) is 12.0. The molecule has 0 aliphatic carbocycles. The summed E-state index contributed by atoms with van der Waals surface area (Å²) in [5.41, 5.74) is 0.824. The molecule has 1 atom stereocenters. The molecule has 1 heterocycles. The molecular formula is C22H22F2N2O2S. The van der Waals surface area contributed by atoms with Gasteiger partial charge in [-0.3, -0.25) is 9.69 Å². The zero-order valence-electron chi connectivity index (χ0n) is 16.0. The second-order valence-corrected chi connectivity index (χ2v) is 7.59. The molecule has 1 N–H and O–H groups in total. The van der Waals surface area contributed by atoms with E-state index in [2.05, 4.69) is 5.32 Å². The van der Waals surface area contributed by atoms with E-state index in [0.29, 0.717) is 18.9 Å². The summed E-state index contributed by atoms with van der Waals surface area (Å²) in [5.74, 6) is -0.186. The van der Waals surface area contributed by atoms with E-state index in [0.717, 1.165) is 10.4 Å². The molecule has 3 aromatic rings. The number of carbonyl (C=O) groups is 1. The van der Waals surface area contributed by atoms with Crippen LogP contribution in [0.25, 0.3) is 0 Å². The minimum absolute atomic E-state index is 0.142. The van der Waals surface area contributed by atoms with Gasteiger partial charge < -0.3 is 10.1 Å². The molecule has 1 amide bonds. The molecule has 0 spiro atoms. The lowest BCUT2D eigenvalue weighted by atomic mass is 10.1. The predicted octanol–water partition coefficient (Wildman–Crippen LogP) is 4.24. The first kappa shape index (κ1) is 21.0. The molecule has 0 radical (unpaired) electrons. The van der Waals surface area contributed by atoms with Crippen LogP contribution < -0.4 is 10.1 Å². The third-order valence-electron chi connectivity index (χ3n) is 4.31. The zero-order chi connectivity index (χ0) is 20.6. The van der Waals surface area contributed by atoms with Gasteiger partial charge in [-0.15, -0.1) is 11.3 Å². The minimum Gasteiger partial charge on any atom is -0.492 e. The third-order valence-corrected chi connectivity index (χ3v) is 5.24. The van der Waals surface area contributed by atoms with Crippen molar-refractivity contribution >= 4 is 17.2 Å². The van der Waals surface area contributed by atoms with Crippen LogP contribution in [0.15, 0.2) is 66.0 Å². The quantitative estimate of drug-likeness (QED) is 0.567. The largest absolute Gasteiger partial charge is 0.492 e. The molecule has 0 aliphatic heterocycles. The van der Waals surface area contributed by atoms with Crippen molar-refractivity contribution in [2.24, 2.45) is 0 Å². The van der Waals surface area contributed by atoms with Gasteiger partial charge in [0.25, 0.3) is 0 Å². The van der Waals surface area contributed by atoms with Gasteiger partial charge in [-0.25, -0.2) is 8.78 Å². The van der Waals surface area contributed by atoms with Crippen molar-refractivity contribution < 1.29 is 18.3 Å². The number of amides is 1. The molecule has 29 heavy (non-hydrogen) atoms. The van der Waals surface area contributed by atoms with E-state index in [1.54, 1.807) is 24.3 Å². The number of likely N-dealkylation sites (N-methyl/N-ethyl adjacent to an activating group) is 1. The molecule has 0 saturated carbocycles. The summed E-state index contributed by atoms with van der Waals surface area (Å²) in [6.45, 7) is 1.10. The Morgan fingerprint density at radius 2 is 1.72 bits per heavy atom. The number of rotatable bonds is 9. The van der Waals surface area contributed by atoms with Crippen molar-refractivity contribution in [1.29, 1.82) is 0 Å². The minimum atomic E-state index is -0.327. The molecule has 0 aliphatic rings. The number of halogens is 2. The maximum absolute atomic E-state index is 13.3. The fraction of sp³-hybridized carbons (Fsp3) is 0.227. The first-order chi connectivity index (χ1) is 14.0. The standard InChI is InChI=1S/C22H22F2N2O2S/c1-26(12-13-28-19-10-8-18(24)9-11-19)15-21(27)25-22(20-3-2-14-29-20)16-4-6-17(23)7-5-16/h2-11,14,22H,12-13,15H2,1H3,(H,25,27)/t22-/m0/s1. The number of thiophene rings is 1. The fourth-order valence-corrected chi connectivity index (χ4v) is 3.61. The van der Waals surface area contributed by atoms with Gasteiger partial charge in [0, 0.05) is 11.4 Å². The Bertz CT molecular complexity index is 900. The average Bonchev–Trinajstić information content (AvgIpc) is 3.23. The summed E-state index contributed by atoms with van der Waals surface area (Å²) < 4.78 is 31.7. The van der Waals surface area contributed by atoms with Gasteiger partial charge in [0.2, 0.25) is 5.91 Å². The van der Waals surface area contributed by atoms with E-state index in [4.69, 9.17) is 4.74 Å². The number of benzene rings is 2. The van der Waals surface area contributed by atoms with Gasteiger partial charge in [-0.1, -0.05) is 18.2 Å². The Labute approximate surface area is 172 Å². The highest BCUT2D eigenvalue weighted by Gasteiger charge is 2.18. The van der Waals surface area contributed by atoms with Crippen LogP contribution in [0, 0.1) is 11.6 Å². The van der Waals surface area contributed by atoms with Crippen LogP contribution in [0.2, 0.25) is 0 Å². The van der Waals surface area contributed by atoms with Crippen molar-refractivity contribution in [3.05, 3.63) is 88.1 Å². The number of carbonyl (C=O) groups excluding carboxylic acids is 1. The van der Waals surface area contributed by atoms with Crippen LogP contribution in [0.4, 0.5) is 8.78 Å². The van der Waals surface area contributed by atoms with Gasteiger partial charge >= 0.3 is 0 Å². The van der Waals surface area contributed by atoms with Gasteiger partial charge in [0.15, 0.2) is 0 Å². The number of ether oxygens (including phenoxy) is 1. The lowest BCUT2D eigenvalue weighted by molar-refractivity contribution is -0.122. The van der Waals surface area contributed by atoms with E-state index < -0.39 is 0 Å². The number of nitrogens with zero attached hydrogens (tertiary/aromatic N) is 1. The average molecular weight is 416 g/mol. The highest BCUT2D eigenvalue weighted by molar-refractivity contribution is 7.10. The Hall–Kier alpha value is -2.77. The molecule has 0 unspecified atom stereocenters. The van der Waals surface area contributed by atoms with Crippen LogP contribution in [0.5, 0.6) is 5.75 Å². The van der Waals surface area contributed by atoms with E-state index in [1.807, 2.05) is 29.5 Å². The van der Waals surface area contributed by atoms with Crippen molar-refractivity contribution in [2.45, 2.75) is 6.04 Å². The Kier molecular flexibility index (Phi) is 7.32. The summed E-state index contributed by atoms with van der Waals surface area (Å²) >= 11 is 1.53. The van der Waals surface area contributed by atoms with Gasteiger partial charge in [-0.05, 0) is 60.5 Å². The van der Waals surface area contributed by atoms with Crippen molar-refractivity contribution in [3.8, 4) is 5.75 Å². The van der Waals surface area contributed by atoms with Gasteiger partial charge in [0.05, 0.1) is 12.6 Å². The number of nitrogens with one attached hydrogen (secondary N) is 1. The monoisotopic (exact) mass is 416 g/mol. The number of hydrogen-bond donors (Lipinski definition) is 1. The molecule has 4 nitrogen and oxygen atoms in total. The van der Waals surface area contributed by atoms with E-state index in [1.165, 1.54) is 35.6 Å². The summed E-state index contributed by atoms with van der Waals surface area (Å²) in [4.78, 5) is 15.4. The Morgan fingerprint density at radius 1 is 1.07 bits per heavy atom. The highest BCUT2D eigenvalue weighted by atomic mass is 32.1. The smallest absolute Gasteiger partial charge is 0.234 e. The van der Waals surface area contributed by atoms with Gasteiger partial charge in [-0.2, -0.15) is 0 Å². The Balaban J connectivity index is 1.52. The lowest BCUT2D eigenvalue weighted by Gasteiger charge is -2.21. The van der Waals surface area contributed by atoms with Gasteiger partial charge in [0.1, 0.15) is 24.0 Å². The van der Waals surface area contributed by atoms with Crippen LogP contribution in [-0.4, -0.2) is 37.6 Å². The van der Waals surface area contributed by atoms with E-state index >= 15 is 0 Å². The maximum Gasteiger partial charge on any atom is 0.234 e. The lowest BCUT2D eigenvalue weighted by Crippen LogP contribution is -2.38. The highest BCUT2D eigenvalue weighted by Crippen LogP contribution is 2.26. The topological polar surface area (TPSA) is 41.6 Å². The first-order valence-electron chi connectivity index (χ1n) is 9.16. The molecule has 7 heteroatoms. The second-order valence-electron chi connectivity index (χ2n) is 6.61. The summed E-state index contributed by atoms with van der Waals surface area (Å²) in [7, 11) is 1.83. The van der Waals surface area contributed by atoms with Crippen molar-refractivity contribution in [2.75, 3.05) is 26.7 Å². The van der Waals surface area contributed by atoms with Crippen LogP contribution >= 0.6 is 11.3 Å².